The highest BCUT2D eigenvalue weighted by Gasteiger charge is 2.20. The molecule has 0 saturated carbocycles. The average Bonchev–Trinajstić information content (AvgIpc) is 3.12. The van der Waals surface area contributed by atoms with Gasteiger partial charge in [0.15, 0.2) is 5.96 Å². The molecule has 7 heteroatoms. The summed E-state index contributed by atoms with van der Waals surface area (Å²) in [5.41, 5.74) is 2.32. The van der Waals surface area contributed by atoms with E-state index in [4.69, 9.17) is 16.6 Å². The fraction of sp³-hybridized carbons (Fsp3) is 0.524. The summed E-state index contributed by atoms with van der Waals surface area (Å²) in [6.07, 6.45) is 4.19. The van der Waals surface area contributed by atoms with E-state index < -0.39 is 0 Å². The van der Waals surface area contributed by atoms with Crippen molar-refractivity contribution in [3.8, 4) is 0 Å². The molecule has 2 N–H and O–H groups in total. The van der Waals surface area contributed by atoms with Crippen LogP contribution < -0.4 is 10.6 Å². The van der Waals surface area contributed by atoms with Gasteiger partial charge in [-0.2, -0.15) is 5.10 Å². The van der Waals surface area contributed by atoms with Crippen LogP contribution in [0.3, 0.4) is 0 Å². The summed E-state index contributed by atoms with van der Waals surface area (Å²) in [7, 11) is 1.95. The Kier molecular flexibility index (Phi) is 7.74. The molecule has 0 spiro atoms. The molecule has 1 aromatic carbocycles. The van der Waals surface area contributed by atoms with Crippen molar-refractivity contribution in [3.63, 3.8) is 0 Å². The zero-order chi connectivity index (χ0) is 19.8. The van der Waals surface area contributed by atoms with Crippen molar-refractivity contribution in [2.45, 2.75) is 32.9 Å². The number of guanidine groups is 1. The smallest absolute Gasteiger partial charge is 0.191 e. The number of benzene rings is 1. The van der Waals surface area contributed by atoms with Crippen molar-refractivity contribution in [1.82, 2.24) is 25.3 Å². The van der Waals surface area contributed by atoms with Crippen LogP contribution in [-0.2, 0) is 20.1 Å². The molecule has 0 bridgehead atoms. The fourth-order valence-electron chi connectivity index (χ4n) is 3.52. The Balaban J connectivity index is 1.44. The van der Waals surface area contributed by atoms with E-state index >= 15 is 0 Å². The van der Waals surface area contributed by atoms with Gasteiger partial charge in [-0.3, -0.25) is 9.58 Å². The maximum atomic E-state index is 6.30. The highest BCUT2D eigenvalue weighted by Crippen LogP contribution is 2.21. The van der Waals surface area contributed by atoms with E-state index in [2.05, 4.69) is 39.7 Å². The van der Waals surface area contributed by atoms with Crippen LogP contribution in [0, 0.1) is 5.92 Å². The summed E-state index contributed by atoms with van der Waals surface area (Å²) in [5, 5.41) is 11.9. The minimum absolute atomic E-state index is 0.627. The van der Waals surface area contributed by atoms with Gasteiger partial charge in [-0.1, -0.05) is 29.8 Å². The molecule has 152 valence electrons. The van der Waals surface area contributed by atoms with Gasteiger partial charge in [0.2, 0.25) is 0 Å². The summed E-state index contributed by atoms with van der Waals surface area (Å²) in [6, 6.07) is 10.1. The monoisotopic (exact) mass is 402 g/mol. The zero-order valence-corrected chi connectivity index (χ0v) is 17.6. The van der Waals surface area contributed by atoms with Crippen molar-refractivity contribution in [1.29, 1.82) is 0 Å². The maximum Gasteiger partial charge on any atom is 0.191 e. The van der Waals surface area contributed by atoms with Crippen LogP contribution in [-0.4, -0.2) is 46.8 Å². The molecule has 2 heterocycles. The number of hydrogen-bond donors (Lipinski definition) is 2. The quantitative estimate of drug-likeness (QED) is 0.552. The number of nitrogens with zero attached hydrogens (tertiary/aromatic N) is 4. The number of hydrogen-bond acceptors (Lipinski definition) is 3. The Morgan fingerprint density at radius 2 is 2.00 bits per heavy atom. The molecule has 0 aliphatic carbocycles. The zero-order valence-electron chi connectivity index (χ0n) is 16.9. The lowest BCUT2D eigenvalue weighted by Crippen LogP contribution is -2.42. The molecule has 6 nitrogen and oxygen atoms in total. The van der Waals surface area contributed by atoms with Crippen molar-refractivity contribution in [3.05, 3.63) is 52.8 Å². The van der Waals surface area contributed by atoms with E-state index in [1.807, 2.05) is 36.1 Å². The molecule has 2 aromatic rings. The summed E-state index contributed by atoms with van der Waals surface area (Å²) in [4.78, 5) is 7.19. The van der Waals surface area contributed by atoms with Gasteiger partial charge in [0, 0.05) is 37.9 Å². The summed E-state index contributed by atoms with van der Waals surface area (Å²) >= 11 is 6.30. The van der Waals surface area contributed by atoms with E-state index in [0.717, 1.165) is 49.4 Å². The molecule has 0 amide bonds. The predicted octanol–water partition coefficient (Wildman–Crippen LogP) is 3.04. The first-order valence-electron chi connectivity index (χ1n) is 10.1. The maximum absolute atomic E-state index is 6.30. The highest BCUT2D eigenvalue weighted by molar-refractivity contribution is 6.31. The number of halogens is 1. The minimum atomic E-state index is 0.627. The number of aliphatic imine (C=N–C) groups is 1. The van der Waals surface area contributed by atoms with E-state index in [-0.39, 0.29) is 0 Å². The van der Waals surface area contributed by atoms with Crippen LogP contribution in [0.5, 0.6) is 0 Å². The third-order valence-electron chi connectivity index (χ3n) is 5.28. The average molecular weight is 403 g/mol. The molecule has 0 unspecified atom stereocenters. The number of likely N-dealkylation sites (tertiary alicyclic amines) is 1. The fourth-order valence-corrected chi connectivity index (χ4v) is 3.71. The molecule has 0 atom stereocenters. The third kappa shape index (κ3) is 5.97. The lowest BCUT2D eigenvalue weighted by Gasteiger charge is -2.32. The SMILES string of the molecule is CCNC(=NCc1ccnn1C)NCC1CCN(Cc2ccccc2Cl)CC1. The van der Waals surface area contributed by atoms with Gasteiger partial charge in [0.25, 0.3) is 0 Å². The first-order valence-corrected chi connectivity index (χ1v) is 10.5. The van der Waals surface area contributed by atoms with Crippen molar-refractivity contribution >= 4 is 17.6 Å². The largest absolute Gasteiger partial charge is 0.357 e. The molecule has 1 aliphatic heterocycles. The number of aryl methyl sites for hydroxylation is 1. The summed E-state index contributed by atoms with van der Waals surface area (Å²) < 4.78 is 1.86. The van der Waals surface area contributed by atoms with E-state index in [9.17, 15) is 0 Å². The van der Waals surface area contributed by atoms with Crippen molar-refractivity contribution < 1.29 is 0 Å². The Morgan fingerprint density at radius 3 is 2.68 bits per heavy atom. The molecule has 1 aliphatic rings. The topological polar surface area (TPSA) is 57.5 Å². The van der Waals surface area contributed by atoms with Crippen LogP contribution in [0.25, 0.3) is 0 Å². The predicted molar refractivity (Wildman–Crippen MR) is 115 cm³/mol. The number of nitrogens with one attached hydrogen (secondary N) is 2. The van der Waals surface area contributed by atoms with Gasteiger partial charge in [-0.25, -0.2) is 4.99 Å². The van der Waals surface area contributed by atoms with Crippen LogP contribution in [0.15, 0.2) is 41.5 Å². The standard InChI is InChI=1S/C21H31ClN6/c1-3-23-21(25-15-19-8-11-26-27(19)2)24-14-17-9-12-28(13-10-17)16-18-6-4-5-7-20(18)22/h4-8,11,17H,3,9-10,12-16H2,1-2H3,(H2,23,24,25). The molecule has 0 radical (unpaired) electrons. The lowest BCUT2D eigenvalue weighted by molar-refractivity contribution is 0.178. The summed E-state index contributed by atoms with van der Waals surface area (Å²) in [5.74, 6) is 1.55. The van der Waals surface area contributed by atoms with Crippen molar-refractivity contribution in [2.24, 2.45) is 18.0 Å². The molecule has 3 rings (SSSR count). The minimum Gasteiger partial charge on any atom is -0.357 e. The second-order valence-electron chi connectivity index (χ2n) is 7.33. The number of aromatic nitrogens is 2. The molecule has 1 aromatic heterocycles. The normalized spacial score (nSPS) is 16.3. The Morgan fingerprint density at radius 1 is 1.21 bits per heavy atom. The van der Waals surface area contributed by atoms with Gasteiger partial charge in [-0.15, -0.1) is 0 Å². The van der Waals surface area contributed by atoms with Crippen molar-refractivity contribution in [2.75, 3.05) is 26.2 Å². The van der Waals surface area contributed by atoms with Crippen LogP contribution in [0.2, 0.25) is 5.02 Å². The number of rotatable bonds is 7. The van der Waals surface area contributed by atoms with Crippen LogP contribution in [0.1, 0.15) is 31.0 Å². The van der Waals surface area contributed by atoms with Gasteiger partial charge < -0.3 is 10.6 Å². The van der Waals surface area contributed by atoms with E-state index in [0.29, 0.717) is 12.5 Å². The molecule has 1 saturated heterocycles. The van der Waals surface area contributed by atoms with E-state index in [1.165, 1.54) is 18.4 Å². The van der Waals surface area contributed by atoms with Gasteiger partial charge in [0.05, 0.1) is 12.2 Å². The lowest BCUT2D eigenvalue weighted by atomic mass is 9.96. The molecule has 28 heavy (non-hydrogen) atoms. The van der Waals surface area contributed by atoms with Crippen LogP contribution >= 0.6 is 11.6 Å². The molecular formula is C21H31ClN6. The Bertz CT molecular complexity index is 764. The van der Waals surface area contributed by atoms with E-state index in [1.54, 1.807) is 0 Å². The van der Waals surface area contributed by atoms with Crippen LogP contribution in [0.4, 0.5) is 0 Å². The molecular weight excluding hydrogens is 372 g/mol. The second-order valence-corrected chi connectivity index (χ2v) is 7.74. The molecule has 1 fully saturated rings. The van der Waals surface area contributed by atoms with Gasteiger partial charge >= 0.3 is 0 Å². The Labute approximate surface area is 173 Å². The number of piperidine rings is 1. The third-order valence-corrected chi connectivity index (χ3v) is 5.65. The first-order chi connectivity index (χ1) is 13.7. The van der Waals surface area contributed by atoms with Gasteiger partial charge in [-0.05, 0) is 56.5 Å². The summed E-state index contributed by atoms with van der Waals surface area (Å²) in [6.45, 7) is 7.69. The highest BCUT2D eigenvalue weighted by atomic mass is 35.5. The second kappa shape index (κ2) is 10.5. The van der Waals surface area contributed by atoms with Gasteiger partial charge in [0.1, 0.15) is 0 Å². The first kappa shape index (κ1) is 20.7. The Hall–Kier alpha value is -2.05.